The van der Waals surface area contributed by atoms with Crippen LogP contribution >= 0.6 is 23.1 Å². The molecule has 1 saturated heterocycles. The van der Waals surface area contributed by atoms with Gasteiger partial charge in [0.15, 0.2) is 0 Å². The maximum atomic E-state index is 13.8. The number of hydrogen-bond acceptors (Lipinski definition) is 5. The van der Waals surface area contributed by atoms with Crippen LogP contribution in [0.4, 0.5) is 4.39 Å². The molecule has 1 amide bonds. The van der Waals surface area contributed by atoms with E-state index in [1.54, 1.807) is 29.2 Å². The fourth-order valence-corrected chi connectivity index (χ4v) is 4.78. The van der Waals surface area contributed by atoms with Crippen molar-refractivity contribution in [3.8, 4) is 0 Å². The standard InChI is InChI=1S/C22H22FN3OS2/c23-21-4-2-1-3-18(21)13-25-9-11-26(12-10-25)22(27)17-5-7-20(8-6-17)29-15-19-14-28-16-24-19/h1-8,14,16H,9-13,15H2. The number of benzene rings is 2. The molecule has 4 rings (SSSR count). The number of piperazine rings is 1. The Morgan fingerprint density at radius 3 is 2.52 bits per heavy atom. The van der Waals surface area contributed by atoms with Gasteiger partial charge < -0.3 is 4.90 Å². The van der Waals surface area contributed by atoms with Crippen LogP contribution in [-0.2, 0) is 12.3 Å². The van der Waals surface area contributed by atoms with E-state index in [0.717, 1.165) is 29.4 Å². The molecule has 0 N–H and O–H groups in total. The van der Waals surface area contributed by atoms with Crippen molar-refractivity contribution in [1.29, 1.82) is 0 Å². The number of halogens is 1. The third kappa shape index (κ3) is 5.23. The van der Waals surface area contributed by atoms with Crippen molar-refractivity contribution in [2.45, 2.75) is 17.2 Å². The van der Waals surface area contributed by atoms with Gasteiger partial charge in [0.25, 0.3) is 5.91 Å². The number of rotatable bonds is 6. The number of nitrogens with zero attached hydrogens (tertiary/aromatic N) is 3. The first-order valence-electron chi connectivity index (χ1n) is 9.54. The van der Waals surface area contributed by atoms with Crippen LogP contribution in [0, 0.1) is 5.82 Å². The number of amides is 1. The molecule has 4 nitrogen and oxygen atoms in total. The predicted octanol–water partition coefficient (Wildman–Crippen LogP) is 4.53. The lowest BCUT2D eigenvalue weighted by Gasteiger charge is -2.34. The predicted molar refractivity (Wildman–Crippen MR) is 116 cm³/mol. The van der Waals surface area contributed by atoms with Crippen molar-refractivity contribution < 1.29 is 9.18 Å². The fourth-order valence-electron chi connectivity index (χ4n) is 3.32. The van der Waals surface area contributed by atoms with E-state index in [1.165, 1.54) is 6.07 Å². The van der Waals surface area contributed by atoms with Gasteiger partial charge in [-0.15, -0.1) is 23.1 Å². The summed E-state index contributed by atoms with van der Waals surface area (Å²) in [6, 6.07) is 14.7. The minimum absolute atomic E-state index is 0.0617. The monoisotopic (exact) mass is 427 g/mol. The molecule has 0 saturated carbocycles. The Hall–Kier alpha value is -2.22. The molecule has 1 aliphatic heterocycles. The van der Waals surface area contributed by atoms with E-state index in [-0.39, 0.29) is 11.7 Å². The van der Waals surface area contributed by atoms with Gasteiger partial charge in [0, 0.05) is 59.9 Å². The van der Waals surface area contributed by atoms with Crippen molar-refractivity contribution in [3.63, 3.8) is 0 Å². The van der Waals surface area contributed by atoms with Gasteiger partial charge in [-0.25, -0.2) is 9.37 Å². The molecule has 0 aliphatic carbocycles. The van der Waals surface area contributed by atoms with E-state index in [2.05, 4.69) is 15.3 Å². The van der Waals surface area contributed by atoms with Gasteiger partial charge in [-0.1, -0.05) is 18.2 Å². The van der Waals surface area contributed by atoms with Gasteiger partial charge in [0.2, 0.25) is 0 Å². The minimum atomic E-state index is -0.168. The summed E-state index contributed by atoms with van der Waals surface area (Å²) < 4.78 is 13.8. The Labute approximate surface area is 178 Å². The Kier molecular flexibility index (Phi) is 6.59. The van der Waals surface area contributed by atoms with Crippen molar-refractivity contribution >= 4 is 29.0 Å². The molecular weight excluding hydrogens is 405 g/mol. The van der Waals surface area contributed by atoms with Gasteiger partial charge >= 0.3 is 0 Å². The Balaban J connectivity index is 1.28. The van der Waals surface area contributed by atoms with Crippen LogP contribution in [-0.4, -0.2) is 46.9 Å². The molecule has 1 aliphatic rings. The first-order valence-corrected chi connectivity index (χ1v) is 11.5. The number of carbonyl (C=O) groups excluding carboxylic acids is 1. The molecule has 29 heavy (non-hydrogen) atoms. The highest BCUT2D eigenvalue weighted by molar-refractivity contribution is 7.98. The molecule has 0 bridgehead atoms. The average Bonchev–Trinajstić information content (AvgIpc) is 3.28. The van der Waals surface area contributed by atoms with Crippen LogP contribution in [0.2, 0.25) is 0 Å². The Morgan fingerprint density at radius 2 is 1.83 bits per heavy atom. The summed E-state index contributed by atoms with van der Waals surface area (Å²) in [5.41, 5.74) is 4.34. The number of thioether (sulfide) groups is 1. The molecule has 150 valence electrons. The van der Waals surface area contributed by atoms with E-state index in [1.807, 2.05) is 46.8 Å². The van der Waals surface area contributed by atoms with Crippen molar-refractivity contribution in [3.05, 3.63) is 82.1 Å². The molecule has 0 unspecified atom stereocenters. The molecule has 2 aromatic carbocycles. The third-order valence-corrected chi connectivity index (χ3v) is 6.66. The molecule has 2 heterocycles. The summed E-state index contributed by atoms with van der Waals surface area (Å²) in [7, 11) is 0. The second-order valence-electron chi connectivity index (χ2n) is 6.95. The summed E-state index contributed by atoms with van der Waals surface area (Å²) >= 11 is 3.32. The molecule has 3 aromatic rings. The number of hydrogen-bond donors (Lipinski definition) is 0. The van der Waals surface area contributed by atoms with E-state index < -0.39 is 0 Å². The highest BCUT2D eigenvalue weighted by atomic mass is 32.2. The van der Waals surface area contributed by atoms with Crippen LogP contribution < -0.4 is 0 Å². The summed E-state index contributed by atoms with van der Waals surface area (Å²) in [6.07, 6.45) is 0. The number of carbonyl (C=O) groups is 1. The molecule has 0 spiro atoms. The Morgan fingerprint density at radius 1 is 1.07 bits per heavy atom. The summed E-state index contributed by atoms with van der Waals surface area (Å²) in [5.74, 6) is 0.728. The lowest BCUT2D eigenvalue weighted by molar-refractivity contribution is 0.0627. The minimum Gasteiger partial charge on any atom is -0.336 e. The van der Waals surface area contributed by atoms with E-state index in [4.69, 9.17) is 0 Å². The summed E-state index contributed by atoms with van der Waals surface area (Å²) in [4.78, 5) is 22.3. The molecule has 1 fully saturated rings. The van der Waals surface area contributed by atoms with Gasteiger partial charge in [0.1, 0.15) is 5.82 Å². The van der Waals surface area contributed by atoms with Crippen LogP contribution in [0.1, 0.15) is 21.6 Å². The fraction of sp³-hybridized carbons (Fsp3) is 0.273. The molecule has 0 atom stereocenters. The third-order valence-electron chi connectivity index (χ3n) is 4.98. The highest BCUT2D eigenvalue weighted by Crippen LogP contribution is 2.23. The van der Waals surface area contributed by atoms with E-state index in [0.29, 0.717) is 30.8 Å². The lowest BCUT2D eigenvalue weighted by Crippen LogP contribution is -2.48. The normalized spacial score (nSPS) is 14.9. The maximum absolute atomic E-state index is 13.8. The smallest absolute Gasteiger partial charge is 0.253 e. The van der Waals surface area contributed by atoms with Crippen LogP contribution in [0.3, 0.4) is 0 Å². The zero-order valence-corrected chi connectivity index (χ0v) is 17.6. The zero-order valence-electron chi connectivity index (χ0n) is 16.0. The van der Waals surface area contributed by atoms with Crippen molar-refractivity contribution in [2.75, 3.05) is 26.2 Å². The van der Waals surface area contributed by atoms with Crippen LogP contribution in [0.5, 0.6) is 0 Å². The van der Waals surface area contributed by atoms with Gasteiger partial charge in [-0.05, 0) is 30.3 Å². The number of aromatic nitrogens is 1. The molecule has 1 aromatic heterocycles. The van der Waals surface area contributed by atoms with Gasteiger partial charge in [0.05, 0.1) is 11.2 Å². The molecule has 7 heteroatoms. The summed E-state index contributed by atoms with van der Waals surface area (Å²) in [5, 5.41) is 2.05. The zero-order chi connectivity index (χ0) is 20.1. The van der Waals surface area contributed by atoms with Crippen LogP contribution in [0.15, 0.2) is 64.3 Å². The highest BCUT2D eigenvalue weighted by Gasteiger charge is 2.22. The first kappa shape index (κ1) is 20.1. The topological polar surface area (TPSA) is 36.4 Å². The SMILES string of the molecule is O=C(c1ccc(SCc2cscn2)cc1)N1CCN(Cc2ccccc2F)CC1. The van der Waals surface area contributed by atoms with Crippen molar-refractivity contribution in [2.24, 2.45) is 0 Å². The maximum Gasteiger partial charge on any atom is 0.253 e. The van der Waals surface area contributed by atoms with Crippen molar-refractivity contribution in [1.82, 2.24) is 14.8 Å². The largest absolute Gasteiger partial charge is 0.336 e. The van der Waals surface area contributed by atoms with Gasteiger partial charge in [-0.2, -0.15) is 0 Å². The van der Waals surface area contributed by atoms with Crippen LogP contribution in [0.25, 0.3) is 0 Å². The molecular formula is C22H22FN3OS2. The molecule has 0 radical (unpaired) electrons. The lowest BCUT2D eigenvalue weighted by atomic mass is 10.1. The summed E-state index contributed by atoms with van der Waals surface area (Å²) in [6.45, 7) is 3.41. The number of thiazole rings is 1. The average molecular weight is 428 g/mol. The van der Waals surface area contributed by atoms with E-state index in [9.17, 15) is 9.18 Å². The first-order chi connectivity index (χ1) is 14.2. The second-order valence-corrected chi connectivity index (χ2v) is 8.72. The Bertz CT molecular complexity index is 939. The van der Waals surface area contributed by atoms with E-state index >= 15 is 0 Å². The quantitative estimate of drug-likeness (QED) is 0.542. The van der Waals surface area contributed by atoms with Gasteiger partial charge in [-0.3, -0.25) is 9.69 Å². The second kappa shape index (κ2) is 9.52.